The second kappa shape index (κ2) is 8.11. The van der Waals surface area contributed by atoms with Crippen LogP contribution in [0.5, 0.6) is 0 Å². The van der Waals surface area contributed by atoms with E-state index in [0.29, 0.717) is 12.1 Å². The Kier molecular flexibility index (Phi) is 6.42. The molecular weight excluding hydrogens is 302 g/mol. The highest BCUT2D eigenvalue weighted by molar-refractivity contribution is 7.80. The fraction of sp³-hybridized carbons (Fsp3) is 0.632. The van der Waals surface area contributed by atoms with E-state index >= 15 is 0 Å². The van der Waals surface area contributed by atoms with E-state index in [-0.39, 0.29) is 0 Å². The molecule has 1 N–H and O–H groups in total. The van der Waals surface area contributed by atoms with Crippen LogP contribution in [0.4, 0.5) is 5.69 Å². The Morgan fingerprint density at radius 3 is 2.39 bits per heavy atom. The van der Waals surface area contributed by atoms with Gasteiger partial charge in [-0.2, -0.15) is 0 Å². The second-order valence-corrected chi connectivity index (χ2v) is 7.22. The minimum Gasteiger partial charge on any atom is -0.349 e. The molecule has 0 radical (unpaired) electrons. The molecule has 0 aromatic heterocycles. The standard InChI is InChI=1S/C19H31N3S/c1-6-16(4)21(5)17-10-12-22(13-11-17)19(23)20-18-14(2)8-7-9-15(18)3/h7-9,16-17H,6,10-13H2,1-5H3,(H,20,23). The molecule has 1 aliphatic heterocycles. The average Bonchev–Trinajstić information content (AvgIpc) is 2.57. The minimum atomic E-state index is 0.659. The predicted molar refractivity (Wildman–Crippen MR) is 104 cm³/mol. The van der Waals surface area contributed by atoms with Gasteiger partial charge in [0.25, 0.3) is 0 Å². The van der Waals surface area contributed by atoms with E-state index in [1.165, 1.54) is 30.4 Å². The zero-order valence-electron chi connectivity index (χ0n) is 15.2. The van der Waals surface area contributed by atoms with Crippen LogP contribution in [0.1, 0.15) is 44.2 Å². The molecule has 0 saturated carbocycles. The van der Waals surface area contributed by atoms with Gasteiger partial charge in [0.05, 0.1) is 0 Å². The molecule has 1 aliphatic rings. The molecule has 4 heteroatoms. The molecule has 1 fully saturated rings. The van der Waals surface area contributed by atoms with Crippen LogP contribution in [0.3, 0.4) is 0 Å². The molecule has 0 amide bonds. The van der Waals surface area contributed by atoms with E-state index < -0.39 is 0 Å². The Balaban J connectivity index is 1.91. The van der Waals surface area contributed by atoms with Gasteiger partial charge in [-0.15, -0.1) is 0 Å². The van der Waals surface area contributed by atoms with Crippen LogP contribution >= 0.6 is 12.2 Å². The SMILES string of the molecule is CCC(C)N(C)C1CCN(C(=S)Nc2c(C)cccc2C)CC1. The van der Waals surface area contributed by atoms with E-state index in [1.807, 2.05) is 0 Å². The zero-order chi connectivity index (χ0) is 17.0. The Bertz CT molecular complexity index is 515. The highest BCUT2D eigenvalue weighted by atomic mass is 32.1. The number of benzene rings is 1. The normalized spacial score (nSPS) is 17.4. The molecular formula is C19H31N3S. The van der Waals surface area contributed by atoms with E-state index in [4.69, 9.17) is 12.2 Å². The lowest BCUT2D eigenvalue weighted by Crippen LogP contribution is -2.48. The number of aryl methyl sites for hydroxylation is 2. The Morgan fingerprint density at radius 2 is 1.87 bits per heavy atom. The summed E-state index contributed by atoms with van der Waals surface area (Å²) in [5, 5.41) is 4.34. The molecule has 1 unspecified atom stereocenters. The number of thiocarbonyl (C=S) groups is 1. The van der Waals surface area contributed by atoms with Crippen molar-refractivity contribution in [3.63, 3.8) is 0 Å². The number of anilines is 1. The summed E-state index contributed by atoms with van der Waals surface area (Å²) in [6, 6.07) is 7.70. The highest BCUT2D eigenvalue weighted by Gasteiger charge is 2.25. The smallest absolute Gasteiger partial charge is 0.173 e. The van der Waals surface area contributed by atoms with Crippen LogP contribution in [0.2, 0.25) is 0 Å². The van der Waals surface area contributed by atoms with Gasteiger partial charge in [-0.25, -0.2) is 0 Å². The van der Waals surface area contributed by atoms with Gasteiger partial charge in [0, 0.05) is 30.9 Å². The van der Waals surface area contributed by atoms with Gasteiger partial charge in [0.1, 0.15) is 0 Å². The molecule has 1 aromatic carbocycles. The molecule has 128 valence electrons. The molecule has 0 spiro atoms. The predicted octanol–water partition coefficient (Wildman–Crippen LogP) is 4.19. The summed E-state index contributed by atoms with van der Waals surface area (Å²) in [6.07, 6.45) is 3.59. The van der Waals surface area contributed by atoms with Crippen molar-refractivity contribution in [2.24, 2.45) is 0 Å². The van der Waals surface area contributed by atoms with Crippen molar-refractivity contribution in [3.8, 4) is 0 Å². The topological polar surface area (TPSA) is 18.5 Å². The van der Waals surface area contributed by atoms with Crippen LogP contribution in [0, 0.1) is 13.8 Å². The van der Waals surface area contributed by atoms with Crippen molar-refractivity contribution in [1.82, 2.24) is 9.80 Å². The van der Waals surface area contributed by atoms with Crippen LogP contribution < -0.4 is 5.32 Å². The van der Waals surface area contributed by atoms with E-state index in [9.17, 15) is 0 Å². The fourth-order valence-electron chi connectivity index (χ4n) is 3.32. The molecule has 1 aromatic rings. The summed E-state index contributed by atoms with van der Waals surface area (Å²) in [5.74, 6) is 0. The summed E-state index contributed by atoms with van der Waals surface area (Å²) < 4.78 is 0. The first-order valence-electron chi connectivity index (χ1n) is 8.78. The molecule has 1 saturated heterocycles. The third-order valence-electron chi connectivity index (χ3n) is 5.33. The van der Waals surface area contributed by atoms with Crippen molar-refractivity contribution >= 4 is 23.0 Å². The van der Waals surface area contributed by atoms with Crippen molar-refractivity contribution < 1.29 is 0 Å². The van der Waals surface area contributed by atoms with Gasteiger partial charge in [-0.05, 0) is 70.4 Å². The number of para-hydroxylation sites is 1. The Labute approximate surface area is 147 Å². The van der Waals surface area contributed by atoms with Gasteiger partial charge in [-0.3, -0.25) is 0 Å². The van der Waals surface area contributed by atoms with Gasteiger partial charge >= 0.3 is 0 Å². The summed E-state index contributed by atoms with van der Waals surface area (Å²) in [5.41, 5.74) is 3.66. The first-order chi connectivity index (χ1) is 10.9. The fourth-order valence-corrected chi connectivity index (χ4v) is 3.61. The molecule has 0 bridgehead atoms. The molecule has 3 nitrogen and oxygen atoms in total. The molecule has 1 atom stereocenters. The van der Waals surface area contributed by atoms with Gasteiger partial charge in [0.15, 0.2) is 5.11 Å². The van der Waals surface area contributed by atoms with Crippen LogP contribution in [0.15, 0.2) is 18.2 Å². The summed E-state index contributed by atoms with van der Waals surface area (Å²) in [7, 11) is 2.27. The van der Waals surface area contributed by atoms with Gasteiger partial charge < -0.3 is 15.1 Å². The van der Waals surface area contributed by atoms with E-state index in [2.05, 4.69) is 68.1 Å². The quantitative estimate of drug-likeness (QED) is 0.832. The van der Waals surface area contributed by atoms with Crippen molar-refractivity contribution in [2.45, 2.75) is 59.0 Å². The van der Waals surface area contributed by atoms with Gasteiger partial charge in [-0.1, -0.05) is 25.1 Å². The summed E-state index contributed by atoms with van der Waals surface area (Å²) in [6.45, 7) is 10.9. The van der Waals surface area contributed by atoms with Crippen LogP contribution in [-0.4, -0.2) is 47.1 Å². The monoisotopic (exact) mass is 333 g/mol. The molecule has 1 heterocycles. The molecule has 0 aliphatic carbocycles. The summed E-state index contributed by atoms with van der Waals surface area (Å²) in [4.78, 5) is 4.86. The third-order valence-corrected chi connectivity index (χ3v) is 5.69. The first kappa shape index (κ1) is 18.2. The first-order valence-corrected chi connectivity index (χ1v) is 9.19. The zero-order valence-corrected chi connectivity index (χ0v) is 16.0. The Morgan fingerprint density at radius 1 is 1.30 bits per heavy atom. The lowest BCUT2D eigenvalue weighted by Gasteiger charge is -2.40. The van der Waals surface area contributed by atoms with E-state index in [1.54, 1.807) is 0 Å². The second-order valence-electron chi connectivity index (χ2n) is 6.84. The maximum atomic E-state index is 5.66. The number of nitrogens with zero attached hydrogens (tertiary/aromatic N) is 2. The van der Waals surface area contributed by atoms with Crippen molar-refractivity contribution in [3.05, 3.63) is 29.3 Å². The van der Waals surface area contributed by atoms with Crippen LogP contribution in [0.25, 0.3) is 0 Å². The van der Waals surface area contributed by atoms with Gasteiger partial charge in [0.2, 0.25) is 0 Å². The lowest BCUT2D eigenvalue weighted by molar-refractivity contribution is 0.126. The largest absolute Gasteiger partial charge is 0.349 e. The number of rotatable bonds is 4. The Hall–Kier alpha value is -1.13. The maximum absolute atomic E-state index is 5.66. The average molecular weight is 334 g/mol. The van der Waals surface area contributed by atoms with E-state index in [0.717, 1.165) is 23.9 Å². The number of hydrogen-bond donors (Lipinski definition) is 1. The van der Waals surface area contributed by atoms with Crippen LogP contribution in [-0.2, 0) is 0 Å². The maximum Gasteiger partial charge on any atom is 0.173 e. The number of hydrogen-bond acceptors (Lipinski definition) is 2. The number of piperidine rings is 1. The number of likely N-dealkylation sites (tertiary alicyclic amines) is 1. The minimum absolute atomic E-state index is 0.659. The van der Waals surface area contributed by atoms with Crippen molar-refractivity contribution in [1.29, 1.82) is 0 Å². The lowest BCUT2D eigenvalue weighted by atomic mass is 10.0. The van der Waals surface area contributed by atoms with Crippen molar-refractivity contribution in [2.75, 3.05) is 25.5 Å². The number of nitrogens with one attached hydrogen (secondary N) is 1. The highest BCUT2D eigenvalue weighted by Crippen LogP contribution is 2.22. The third kappa shape index (κ3) is 4.45. The molecule has 2 rings (SSSR count). The molecule has 23 heavy (non-hydrogen) atoms. The summed E-state index contributed by atoms with van der Waals surface area (Å²) >= 11 is 5.66.